The first kappa shape index (κ1) is 14.9. The minimum absolute atomic E-state index is 0.00783. The Kier molecular flexibility index (Phi) is 5.01. The summed E-state index contributed by atoms with van der Waals surface area (Å²) in [6, 6.07) is 8.23. The van der Waals surface area contributed by atoms with E-state index >= 15 is 0 Å². The highest BCUT2D eigenvalue weighted by molar-refractivity contribution is 5.78. The lowest BCUT2D eigenvalue weighted by atomic mass is 10.0. The quantitative estimate of drug-likeness (QED) is 0.916. The molecule has 1 heterocycles. The molecule has 0 saturated carbocycles. The van der Waals surface area contributed by atoms with Crippen LogP contribution in [0.25, 0.3) is 0 Å². The number of nitrogens with zero attached hydrogens (tertiary/aromatic N) is 1. The van der Waals surface area contributed by atoms with Gasteiger partial charge in [-0.25, -0.2) is 0 Å². The van der Waals surface area contributed by atoms with Gasteiger partial charge in [0, 0.05) is 6.54 Å². The van der Waals surface area contributed by atoms with E-state index in [1.807, 2.05) is 12.1 Å². The van der Waals surface area contributed by atoms with E-state index in [4.69, 9.17) is 10.5 Å². The number of amides is 1. The van der Waals surface area contributed by atoms with Crippen LogP contribution in [0.1, 0.15) is 38.2 Å². The zero-order valence-corrected chi connectivity index (χ0v) is 12.3. The minimum atomic E-state index is 0.00783. The van der Waals surface area contributed by atoms with Gasteiger partial charge >= 0.3 is 0 Å². The second-order valence-electron chi connectivity index (χ2n) is 5.65. The van der Waals surface area contributed by atoms with Crippen LogP contribution < -0.4 is 10.5 Å². The first-order valence-electron chi connectivity index (χ1n) is 7.34. The highest BCUT2D eigenvalue weighted by Gasteiger charge is 2.24. The predicted octanol–water partition coefficient (Wildman–Crippen LogP) is 2.14. The van der Waals surface area contributed by atoms with Crippen molar-refractivity contribution in [1.29, 1.82) is 0 Å². The Balaban J connectivity index is 1.94. The maximum atomic E-state index is 11.6. The van der Waals surface area contributed by atoms with Crippen LogP contribution in [-0.2, 0) is 4.79 Å². The fourth-order valence-electron chi connectivity index (χ4n) is 2.51. The molecule has 1 saturated heterocycles. The Labute approximate surface area is 120 Å². The van der Waals surface area contributed by atoms with Crippen molar-refractivity contribution in [3.8, 4) is 5.75 Å². The fourth-order valence-corrected chi connectivity index (χ4v) is 2.51. The van der Waals surface area contributed by atoms with E-state index < -0.39 is 0 Å². The number of carbonyl (C=O) groups is 1. The zero-order valence-electron chi connectivity index (χ0n) is 12.3. The number of benzene rings is 1. The molecule has 1 fully saturated rings. The van der Waals surface area contributed by atoms with E-state index in [1.54, 1.807) is 4.90 Å². The molecular weight excluding hydrogens is 252 g/mol. The van der Waals surface area contributed by atoms with E-state index in [9.17, 15) is 4.79 Å². The van der Waals surface area contributed by atoms with Gasteiger partial charge in [0.2, 0.25) is 5.91 Å². The molecule has 1 aromatic rings. The average molecular weight is 276 g/mol. The number of carbonyl (C=O) groups excluding carboxylic acids is 1. The summed E-state index contributed by atoms with van der Waals surface area (Å²) in [5, 5.41) is 0. The smallest absolute Gasteiger partial charge is 0.236 e. The van der Waals surface area contributed by atoms with Crippen LogP contribution in [0, 0.1) is 0 Å². The molecule has 1 atom stereocenters. The van der Waals surface area contributed by atoms with Gasteiger partial charge in [-0.05, 0) is 36.5 Å². The van der Waals surface area contributed by atoms with Gasteiger partial charge in [0.1, 0.15) is 11.9 Å². The van der Waals surface area contributed by atoms with E-state index in [0.29, 0.717) is 12.5 Å². The molecule has 4 nitrogen and oxygen atoms in total. The summed E-state index contributed by atoms with van der Waals surface area (Å²) >= 11 is 0. The molecule has 110 valence electrons. The lowest BCUT2D eigenvalue weighted by Crippen LogP contribution is -2.46. The third kappa shape index (κ3) is 3.73. The Morgan fingerprint density at radius 2 is 2.10 bits per heavy atom. The normalized spacial score (nSPS) is 19.2. The number of nitrogens with two attached hydrogens (primary N) is 1. The summed E-state index contributed by atoms with van der Waals surface area (Å²) in [4.78, 5) is 13.4. The highest BCUT2D eigenvalue weighted by Crippen LogP contribution is 2.22. The van der Waals surface area contributed by atoms with Gasteiger partial charge in [-0.15, -0.1) is 0 Å². The van der Waals surface area contributed by atoms with Gasteiger partial charge in [0.25, 0.3) is 0 Å². The molecule has 0 aliphatic carbocycles. The monoisotopic (exact) mass is 276 g/mol. The molecule has 1 aliphatic rings. The average Bonchev–Trinajstić information content (AvgIpc) is 2.47. The Bertz CT molecular complexity index is 442. The lowest BCUT2D eigenvalue weighted by Gasteiger charge is -2.32. The van der Waals surface area contributed by atoms with Crippen LogP contribution >= 0.6 is 0 Å². The fraction of sp³-hybridized carbons (Fsp3) is 0.562. The number of hydrogen-bond acceptors (Lipinski definition) is 3. The summed E-state index contributed by atoms with van der Waals surface area (Å²) in [5.41, 5.74) is 6.72. The van der Waals surface area contributed by atoms with Crippen LogP contribution in [0.3, 0.4) is 0 Å². The lowest BCUT2D eigenvalue weighted by molar-refractivity contribution is -0.132. The van der Waals surface area contributed by atoms with Gasteiger partial charge in [-0.2, -0.15) is 0 Å². The molecule has 20 heavy (non-hydrogen) atoms. The largest absolute Gasteiger partial charge is 0.489 e. The van der Waals surface area contributed by atoms with E-state index in [2.05, 4.69) is 26.0 Å². The number of rotatable bonds is 4. The van der Waals surface area contributed by atoms with Crippen molar-refractivity contribution in [2.75, 3.05) is 19.6 Å². The maximum absolute atomic E-state index is 11.6. The van der Waals surface area contributed by atoms with Crippen LogP contribution in [-0.4, -0.2) is 36.5 Å². The van der Waals surface area contributed by atoms with Gasteiger partial charge in [0.05, 0.1) is 13.1 Å². The third-order valence-electron chi connectivity index (χ3n) is 3.75. The van der Waals surface area contributed by atoms with Crippen molar-refractivity contribution < 1.29 is 9.53 Å². The zero-order chi connectivity index (χ0) is 14.5. The number of ether oxygens (including phenoxy) is 1. The molecule has 0 spiro atoms. The second kappa shape index (κ2) is 6.75. The Hall–Kier alpha value is -1.55. The molecule has 1 aromatic carbocycles. The van der Waals surface area contributed by atoms with Crippen molar-refractivity contribution >= 4 is 5.91 Å². The van der Waals surface area contributed by atoms with Crippen LogP contribution in [0.15, 0.2) is 24.3 Å². The summed E-state index contributed by atoms with van der Waals surface area (Å²) < 4.78 is 5.98. The third-order valence-corrected chi connectivity index (χ3v) is 3.75. The van der Waals surface area contributed by atoms with Crippen molar-refractivity contribution in [1.82, 2.24) is 4.90 Å². The number of hydrogen-bond donors (Lipinski definition) is 1. The van der Waals surface area contributed by atoms with E-state index in [1.165, 1.54) is 5.56 Å². The molecular formula is C16H24N2O2. The van der Waals surface area contributed by atoms with E-state index in [0.717, 1.165) is 25.1 Å². The van der Waals surface area contributed by atoms with Crippen LogP contribution in [0.2, 0.25) is 0 Å². The van der Waals surface area contributed by atoms with Crippen LogP contribution in [0.5, 0.6) is 5.75 Å². The van der Waals surface area contributed by atoms with Crippen LogP contribution in [0.4, 0.5) is 0 Å². The Morgan fingerprint density at radius 1 is 1.40 bits per heavy atom. The molecule has 0 radical (unpaired) electrons. The van der Waals surface area contributed by atoms with Gasteiger partial charge in [-0.1, -0.05) is 26.0 Å². The number of likely N-dealkylation sites (tertiary alicyclic amines) is 1. The van der Waals surface area contributed by atoms with Gasteiger partial charge in [-0.3, -0.25) is 4.79 Å². The molecule has 1 amide bonds. The highest BCUT2D eigenvalue weighted by atomic mass is 16.5. The minimum Gasteiger partial charge on any atom is -0.489 e. The SMILES string of the molecule is CC(C)c1ccc(OC2CCCN(C(=O)CN)C2)cc1. The maximum Gasteiger partial charge on any atom is 0.236 e. The molecule has 0 aromatic heterocycles. The number of piperidine rings is 1. The summed E-state index contributed by atoms with van der Waals surface area (Å²) in [6.45, 7) is 5.86. The summed E-state index contributed by atoms with van der Waals surface area (Å²) in [7, 11) is 0. The molecule has 4 heteroatoms. The first-order valence-corrected chi connectivity index (χ1v) is 7.34. The van der Waals surface area contributed by atoms with Crippen molar-refractivity contribution in [3.05, 3.63) is 29.8 Å². The molecule has 1 unspecified atom stereocenters. The standard InChI is InChI=1S/C16H24N2O2/c1-12(2)13-5-7-14(8-6-13)20-15-4-3-9-18(11-15)16(19)10-17/h5-8,12,15H,3-4,9-11,17H2,1-2H3. The van der Waals surface area contributed by atoms with E-state index in [-0.39, 0.29) is 18.6 Å². The van der Waals surface area contributed by atoms with Gasteiger partial charge < -0.3 is 15.4 Å². The van der Waals surface area contributed by atoms with Crippen molar-refractivity contribution in [2.45, 2.75) is 38.7 Å². The van der Waals surface area contributed by atoms with Crippen molar-refractivity contribution in [3.63, 3.8) is 0 Å². The molecule has 2 N–H and O–H groups in total. The van der Waals surface area contributed by atoms with Crippen molar-refractivity contribution in [2.24, 2.45) is 5.73 Å². The topological polar surface area (TPSA) is 55.6 Å². The van der Waals surface area contributed by atoms with Gasteiger partial charge in [0.15, 0.2) is 0 Å². The Morgan fingerprint density at radius 3 is 2.70 bits per heavy atom. The molecule has 2 rings (SSSR count). The summed E-state index contributed by atoms with van der Waals surface area (Å²) in [6.07, 6.45) is 2.03. The predicted molar refractivity (Wildman–Crippen MR) is 79.8 cm³/mol. The molecule has 1 aliphatic heterocycles. The second-order valence-corrected chi connectivity index (χ2v) is 5.65. The summed E-state index contributed by atoms with van der Waals surface area (Å²) in [5.74, 6) is 1.41. The first-order chi connectivity index (χ1) is 9.60. The molecule has 0 bridgehead atoms.